The van der Waals surface area contributed by atoms with Crippen LogP contribution in [0.25, 0.3) is 0 Å². The zero-order valence-electron chi connectivity index (χ0n) is 9.96. The molecule has 1 aromatic rings. The van der Waals surface area contributed by atoms with Crippen molar-refractivity contribution in [3.8, 4) is 5.75 Å². The number of rotatable bonds is 2. The molecule has 5 heteroatoms. The Morgan fingerprint density at radius 1 is 1.24 bits per heavy atom. The normalized spacial score (nSPS) is 15.5. The molecule has 1 fully saturated rings. The lowest BCUT2D eigenvalue weighted by Crippen LogP contribution is -2.51. The lowest BCUT2D eigenvalue weighted by Gasteiger charge is -2.23. The van der Waals surface area contributed by atoms with Crippen LogP contribution in [0.4, 0.5) is 4.79 Å². The van der Waals surface area contributed by atoms with Gasteiger partial charge in [-0.25, -0.2) is 4.79 Å². The fraction of sp³-hybridized carbons (Fsp3) is 0.500. The molecule has 92 valence electrons. The third-order valence-corrected chi connectivity index (χ3v) is 2.80. The van der Waals surface area contributed by atoms with E-state index in [-0.39, 0.29) is 6.09 Å². The van der Waals surface area contributed by atoms with Gasteiger partial charge in [-0.1, -0.05) is 0 Å². The van der Waals surface area contributed by atoms with Crippen molar-refractivity contribution in [1.82, 2.24) is 4.90 Å². The van der Waals surface area contributed by atoms with E-state index in [1.807, 2.05) is 0 Å². The van der Waals surface area contributed by atoms with Crippen LogP contribution in [-0.2, 0) is 0 Å². The van der Waals surface area contributed by atoms with Crippen LogP contribution in [0.15, 0.2) is 24.5 Å². The topological polar surface area (TPSA) is 42.6 Å². The number of ether oxygens (including phenoxy) is 1. The van der Waals surface area contributed by atoms with Gasteiger partial charge in [0.2, 0.25) is 12.4 Å². The number of carbonyl (C=O) groups is 1. The van der Waals surface area contributed by atoms with Crippen molar-refractivity contribution in [3.63, 3.8) is 0 Å². The monoisotopic (exact) mass is 237 g/mol. The Hall–Kier alpha value is -1.78. The van der Waals surface area contributed by atoms with Crippen molar-refractivity contribution in [2.45, 2.75) is 19.3 Å². The van der Waals surface area contributed by atoms with E-state index in [0.29, 0.717) is 0 Å². The lowest BCUT2D eigenvalue weighted by molar-refractivity contribution is -0.869. The fourth-order valence-electron chi connectivity index (χ4n) is 1.82. The zero-order chi connectivity index (χ0) is 12.1. The average molecular weight is 237 g/mol. The molecule has 1 amide bonds. The Bertz CT molecular complexity index is 372. The molecule has 1 aliphatic rings. The number of hydrogen-bond acceptors (Lipinski definition) is 3. The molecule has 0 radical (unpaired) electrons. The van der Waals surface area contributed by atoms with Gasteiger partial charge in [0.05, 0.1) is 7.11 Å². The zero-order valence-corrected chi connectivity index (χ0v) is 9.96. The molecule has 17 heavy (non-hydrogen) atoms. The van der Waals surface area contributed by atoms with Crippen molar-refractivity contribution >= 4 is 6.09 Å². The fourth-order valence-corrected chi connectivity index (χ4v) is 1.82. The Morgan fingerprint density at radius 2 is 1.88 bits per heavy atom. The van der Waals surface area contributed by atoms with Crippen LogP contribution in [0, 0.1) is 0 Å². The molecule has 2 heterocycles. The summed E-state index contributed by atoms with van der Waals surface area (Å²) in [6.45, 7) is 1.57. The van der Waals surface area contributed by atoms with Gasteiger partial charge in [-0.3, -0.25) is 0 Å². The second kappa shape index (κ2) is 5.52. The smallest absolute Gasteiger partial charge is 0.478 e. The molecule has 0 aliphatic carbocycles. The SMILES string of the molecule is COc1cc[n+](OC(=O)N2CCCCC2)cc1. The van der Waals surface area contributed by atoms with E-state index in [9.17, 15) is 4.79 Å². The Kier molecular flexibility index (Phi) is 3.80. The molecule has 0 saturated carbocycles. The van der Waals surface area contributed by atoms with Crippen molar-refractivity contribution in [2.75, 3.05) is 20.2 Å². The summed E-state index contributed by atoms with van der Waals surface area (Å²) in [6.07, 6.45) is 6.32. The maximum absolute atomic E-state index is 11.8. The second-order valence-electron chi connectivity index (χ2n) is 4.00. The van der Waals surface area contributed by atoms with Crippen LogP contribution in [0.1, 0.15) is 19.3 Å². The molecule has 5 nitrogen and oxygen atoms in total. The molecule has 0 spiro atoms. The first-order chi connectivity index (χ1) is 8.29. The van der Waals surface area contributed by atoms with Gasteiger partial charge in [-0.15, -0.1) is 0 Å². The largest absolute Gasteiger partial charge is 0.496 e. The van der Waals surface area contributed by atoms with Crippen molar-refractivity contribution in [3.05, 3.63) is 24.5 Å². The number of nitrogens with zero attached hydrogens (tertiary/aromatic N) is 2. The third-order valence-electron chi connectivity index (χ3n) is 2.80. The van der Waals surface area contributed by atoms with Crippen molar-refractivity contribution in [1.29, 1.82) is 0 Å². The van der Waals surface area contributed by atoms with Gasteiger partial charge >= 0.3 is 6.09 Å². The highest BCUT2D eigenvalue weighted by Crippen LogP contribution is 2.08. The number of hydrogen-bond donors (Lipinski definition) is 0. The van der Waals surface area contributed by atoms with E-state index >= 15 is 0 Å². The molecule has 0 N–H and O–H groups in total. The minimum absolute atomic E-state index is 0.292. The van der Waals surface area contributed by atoms with Gasteiger partial charge in [0.15, 0.2) is 0 Å². The number of pyridine rings is 1. The summed E-state index contributed by atoms with van der Waals surface area (Å²) >= 11 is 0. The van der Waals surface area contributed by atoms with Gasteiger partial charge in [-0.2, -0.15) is 4.84 Å². The number of carbonyl (C=O) groups excluding carboxylic acids is 1. The summed E-state index contributed by atoms with van der Waals surface area (Å²) < 4.78 is 6.41. The highest BCUT2D eigenvalue weighted by molar-refractivity contribution is 5.67. The maximum Gasteiger partial charge on any atom is 0.478 e. The molecule has 2 rings (SSSR count). The first-order valence-electron chi connectivity index (χ1n) is 5.82. The van der Waals surface area contributed by atoms with Crippen LogP contribution < -0.4 is 14.3 Å². The lowest BCUT2D eigenvalue weighted by atomic mass is 10.1. The van der Waals surface area contributed by atoms with Crippen molar-refractivity contribution < 1.29 is 19.1 Å². The first kappa shape index (κ1) is 11.7. The van der Waals surface area contributed by atoms with Crippen LogP contribution in [0.5, 0.6) is 5.75 Å². The summed E-state index contributed by atoms with van der Waals surface area (Å²) in [5.74, 6) is 0.732. The van der Waals surface area contributed by atoms with E-state index in [4.69, 9.17) is 9.57 Å². The van der Waals surface area contributed by atoms with Crippen LogP contribution >= 0.6 is 0 Å². The number of piperidine rings is 1. The summed E-state index contributed by atoms with van der Waals surface area (Å²) in [6, 6.07) is 3.48. The van der Waals surface area contributed by atoms with Gasteiger partial charge in [-0.05, 0) is 19.3 Å². The third kappa shape index (κ3) is 3.09. The highest BCUT2D eigenvalue weighted by atomic mass is 16.7. The predicted molar refractivity (Wildman–Crippen MR) is 60.6 cm³/mol. The Balaban J connectivity index is 1.92. The molecule has 1 aromatic heterocycles. The average Bonchev–Trinajstić information content (AvgIpc) is 2.40. The van der Waals surface area contributed by atoms with E-state index in [1.54, 1.807) is 36.5 Å². The summed E-state index contributed by atoms with van der Waals surface area (Å²) in [7, 11) is 1.60. The number of likely N-dealkylation sites (tertiary alicyclic amines) is 1. The Labute approximate surface area is 101 Å². The molecule has 0 atom stereocenters. The quantitative estimate of drug-likeness (QED) is 0.721. The maximum atomic E-state index is 11.8. The molecule has 0 aromatic carbocycles. The first-order valence-corrected chi connectivity index (χ1v) is 5.82. The second-order valence-corrected chi connectivity index (χ2v) is 4.00. The van der Waals surface area contributed by atoms with E-state index in [2.05, 4.69) is 0 Å². The van der Waals surface area contributed by atoms with Crippen LogP contribution in [0.2, 0.25) is 0 Å². The summed E-state index contributed by atoms with van der Waals surface area (Å²) in [5.41, 5.74) is 0. The summed E-state index contributed by atoms with van der Waals surface area (Å²) in [4.78, 5) is 18.7. The minimum atomic E-state index is -0.292. The van der Waals surface area contributed by atoms with Crippen molar-refractivity contribution in [2.24, 2.45) is 0 Å². The molecule has 0 unspecified atom stereocenters. The molecule has 1 saturated heterocycles. The molecule has 1 aliphatic heterocycles. The number of methoxy groups -OCH3 is 1. The predicted octanol–water partition coefficient (Wildman–Crippen LogP) is 1.02. The minimum Gasteiger partial charge on any atom is -0.496 e. The van der Waals surface area contributed by atoms with E-state index < -0.39 is 0 Å². The van der Waals surface area contributed by atoms with E-state index in [0.717, 1.165) is 31.7 Å². The van der Waals surface area contributed by atoms with E-state index in [1.165, 1.54) is 11.2 Å². The molecular weight excluding hydrogens is 220 g/mol. The van der Waals surface area contributed by atoms with Gasteiger partial charge in [0.25, 0.3) is 0 Å². The summed E-state index contributed by atoms with van der Waals surface area (Å²) in [5, 5.41) is 0. The van der Waals surface area contributed by atoms with Gasteiger partial charge < -0.3 is 9.64 Å². The number of amides is 1. The molecule has 0 bridgehead atoms. The van der Waals surface area contributed by atoms with Crippen LogP contribution in [-0.4, -0.2) is 31.2 Å². The van der Waals surface area contributed by atoms with Crippen LogP contribution in [0.3, 0.4) is 0 Å². The van der Waals surface area contributed by atoms with Gasteiger partial charge in [0.1, 0.15) is 5.75 Å². The number of aromatic nitrogens is 1. The molecular formula is C12H17N2O3+. The highest BCUT2D eigenvalue weighted by Gasteiger charge is 2.21. The Morgan fingerprint density at radius 3 is 2.47 bits per heavy atom. The standard InChI is InChI=1S/C12H17N2O3/c1-16-11-5-9-14(10-6-11)17-12(15)13-7-3-2-4-8-13/h5-6,9-10H,2-4,7-8H2,1H3/q+1. The van der Waals surface area contributed by atoms with Gasteiger partial charge in [0, 0.05) is 30.0 Å².